The molecule has 0 saturated carbocycles. The second-order valence-electron chi connectivity index (χ2n) is 0.732. The Morgan fingerprint density at radius 2 is 2.11 bits per heavy atom. The van der Waals surface area contributed by atoms with Gasteiger partial charge in [-0.1, -0.05) is 0 Å². The van der Waals surface area contributed by atoms with Crippen LogP contribution >= 0.6 is 0 Å². The lowest BCUT2D eigenvalue weighted by atomic mass is 11.3. The maximum absolute atomic E-state index is 8.78. The lowest BCUT2D eigenvalue weighted by Crippen LogP contribution is -2.03. The van der Waals surface area contributed by atoms with E-state index in [1.165, 1.54) is 0 Å². The molecule has 0 radical (unpaired) electrons. The smallest absolute Gasteiger partial charge is 0.402 e. The predicted octanol–water partition coefficient (Wildman–Crippen LogP) is -0.458. The Morgan fingerprint density at radius 3 is 2.11 bits per heavy atom. The third-order valence-electron chi connectivity index (χ3n) is 0.124. The zero-order chi connectivity index (χ0) is 7.70. The van der Waals surface area contributed by atoms with Gasteiger partial charge in [0.05, 0.1) is 0 Å². The van der Waals surface area contributed by atoms with Crippen LogP contribution in [0.4, 0.5) is 4.79 Å². The molecule has 0 spiro atoms. The van der Waals surface area contributed by atoms with Crippen LogP contribution in [0.5, 0.6) is 0 Å². The van der Waals surface area contributed by atoms with Gasteiger partial charge >= 0.3 is 6.09 Å². The first-order valence-electron chi connectivity index (χ1n) is 1.71. The summed E-state index contributed by atoms with van der Waals surface area (Å²) in [5.41, 5.74) is 10.0. The largest absolute Gasteiger partial charge is 0.465 e. The van der Waals surface area contributed by atoms with E-state index in [-0.39, 0.29) is 0 Å². The number of nitrogens with two attached hydrogens (primary N) is 2. The van der Waals surface area contributed by atoms with E-state index in [0.29, 0.717) is 0 Å². The summed E-state index contributed by atoms with van der Waals surface area (Å²) >= 11 is 0. The fraction of sp³-hybridized carbons (Fsp3) is 0. The van der Waals surface area contributed by atoms with Crippen LogP contribution in [0.15, 0.2) is 10.2 Å². The van der Waals surface area contributed by atoms with Gasteiger partial charge in [-0.15, -0.1) is 5.11 Å². The average Bonchev–Trinajstić information content (AvgIpc) is 1.66. The van der Waals surface area contributed by atoms with Crippen LogP contribution in [0, 0.1) is 5.53 Å². The maximum Gasteiger partial charge on any atom is 0.402 e. The van der Waals surface area contributed by atoms with Crippen molar-refractivity contribution < 1.29 is 9.90 Å². The standard InChI is InChI=1S/CH4N4.CH3NO2/c2-4-1-5-3;2-1(3)4/h1-2H,3H2;2H2,(H,3,4). The Balaban J connectivity index is 0. The van der Waals surface area contributed by atoms with E-state index in [1.807, 2.05) is 0 Å². The van der Waals surface area contributed by atoms with Crippen molar-refractivity contribution >= 4 is 12.4 Å². The molecule has 0 aromatic rings. The summed E-state index contributed by atoms with van der Waals surface area (Å²) in [6.45, 7) is 0. The van der Waals surface area contributed by atoms with Gasteiger partial charge < -0.3 is 16.7 Å². The molecule has 1 amide bonds. The first-order chi connectivity index (χ1) is 4.15. The van der Waals surface area contributed by atoms with E-state index in [4.69, 9.17) is 15.4 Å². The number of nitrogens with zero attached hydrogens (tertiary/aromatic N) is 2. The van der Waals surface area contributed by atoms with E-state index >= 15 is 0 Å². The zero-order valence-corrected chi connectivity index (χ0v) is 4.48. The van der Waals surface area contributed by atoms with Crippen molar-refractivity contribution in [3.63, 3.8) is 0 Å². The lowest BCUT2D eigenvalue weighted by Gasteiger charge is -1.61. The third-order valence-corrected chi connectivity index (χ3v) is 0.124. The van der Waals surface area contributed by atoms with Crippen LogP contribution in [0.3, 0.4) is 0 Å². The molecule has 0 heterocycles. The molecule has 6 N–H and O–H groups in total. The average molecular weight is 133 g/mol. The fourth-order valence-corrected chi connectivity index (χ4v) is 0.0333. The van der Waals surface area contributed by atoms with Crippen LogP contribution in [0.1, 0.15) is 0 Å². The van der Waals surface area contributed by atoms with Gasteiger partial charge in [0.2, 0.25) is 0 Å². The molecule has 7 nitrogen and oxygen atoms in total. The Morgan fingerprint density at radius 1 is 1.78 bits per heavy atom. The van der Waals surface area contributed by atoms with E-state index in [9.17, 15) is 0 Å². The second kappa shape index (κ2) is 9.60. The van der Waals surface area contributed by atoms with E-state index in [0.717, 1.165) is 6.34 Å². The molecule has 0 aliphatic rings. The van der Waals surface area contributed by atoms with Gasteiger partial charge in [-0.2, -0.15) is 5.10 Å². The molecule has 0 aliphatic heterocycles. The molecule has 9 heavy (non-hydrogen) atoms. The lowest BCUT2D eigenvalue weighted by molar-refractivity contribution is 0.205. The molecule has 0 aromatic carbocycles. The number of carboxylic acid groups (broad SMARTS) is 1. The number of nitrogens with one attached hydrogen (secondary N) is 1. The predicted molar refractivity (Wildman–Crippen MR) is 30.0 cm³/mol. The maximum atomic E-state index is 8.78. The summed E-state index contributed by atoms with van der Waals surface area (Å²) < 4.78 is 0. The van der Waals surface area contributed by atoms with Crippen LogP contribution in [-0.4, -0.2) is 17.5 Å². The number of hydrogen-bond acceptors (Lipinski definition) is 4. The van der Waals surface area contributed by atoms with Crippen LogP contribution in [0.2, 0.25) is 0 Å². The van der Waals surface area contributed by atoms with Crippen molar-refractivity contribution in [3.05, 3.63) is 0 Å². The summed E-state index contributed by atoms with van der Waals surface area (Å²) in [6.07, 6.45) is -0.389. The van der Waals surface area contributed by atoms with Crippen LogP contribution in [0.25, 0.3) is 0 Å². The van der Waals surface area contributed by atoms with Gasteiger partial charge in [-0.25, -0.2) is 10.3 Å². The van der Waals surface area contributed by atoms with Crippen molar-refractivity contribution in [2.45, 2.75) is 0 Å². The van der Waals surface area contributed by atoms with Gasteiger partial charge in [-0.3, -0.25) is 0 Å². The highest BCUT2D eigenvalue weighted by atomic mass is 16.4. The molecule has 0 unspecified atom stereocenters. The van der Waals surface area contributed by atoms with Crippen molar-refractivity contribution in [1.29, 1.82) is 5.53 Å². The molecule has 0 aromatic heterocycles. The van der Waals surface area contributed by atoms with Crippen molar-refractivity contribution in [2.75, 3.05) is 0 Å². The summed E-state index contributed by atoms with van der Waals surface area (Å²) in [6, 6.07) is 0. The van der Waals surface area contributed by atoms with Gasteiger partial charge in [-0.05, 0) is 0 Å². The Kier molecular flexibility index (Phi) is 11.0. The number of primary amides is 1. The minimum atomic E-state index is -1.33. The number of hydrazone groups is 1. The third kappa shape index (κ3) is 1030. The highest BCUT2D eigenvalue weighted by Crippen LogP contribution is 1.44. The Labute approximate surface area is 50.8 Å². The van der Waals surface area contributed by atoms with E-state index < -0.39 is 6.09 Å². The molecule has 0 aliphatic carbocycles. The fourth-order valence-electron chi connectivity index (χ4n) is 0.0333. The van der Waals surface area contributed by atoms with Gasteiger partial charge in [0, 0.05) is 0 Å². The molecule has 0 saturated heterocycles. The van der Waals surface area contributed by atoms with Crippen molar-refractivity contribution in [3.8, 4) is 0 Å². The molecular weight excluding hydrogens is 126 g/mol. The minimum Gasteiger partial charge on any atom is -0.465 e. The normalized spacial score (nSPS) is 7.56. The first kappa shape index (κ1) is 10.3. The summed E-state index contributed by atoms with van der Waals surface area (Å²) in [7, 11) is 0. The van der Waals surface area contributed by atoms with Gasteiger partial charge in [0.15, 0.2) is 6.34 Å². The number of rotatable bonds is 1. The van der Waals surface area contributed by atoms with E-state index in [2.05, 4.69) is 21.8 Å². The zero-order valence-electron chi connectivity index (χ0n) is 4.48. The van der Waals surface area contributed by atoms with Gasteiger partial charge in [0.25, 0.3) is 0 Å². The number of carbonyl (C=O) groups is 1. The molecule has 0 fully saturated rings. The van der Waals surface area contributed by atoms with Crippen molar-refractivity contribution in [1.82, 2.24) is 0 Å². The van der Waals surface area contributed by atoms with E-state index in [1.54, 1.807) is 0 Å². The monoisotopic (exact) mass is 133 g/mol. The van der Waals surface area contributed by atoms with Crippen molar-refractivity contribution in [2.24, 2.45) is 21.8 Å². The summed E-state index contributed by atoms with van der Waals surface area (Å²) in [5.74, 6) is 4.49. The number of hydrogen-bond donors (Lipinski definition) is 4. The molecule has 0 rings (SSSR count). The highest BCUT2D eigenvalue weighted by Gasteiger charge is 1.65. The Bertz CT molecular complexity index is 106. The van der Waals surface area contributed by atoms with Crippen LogP contribution in [-0.2, 0) is 0 Å². The highest BCUT2D eigenvalue weighted by molar-refractivity contribution is 5.61. The molecule has 0 atom stereocenters. The SMILES string of the molecule is N=NC=NN.NC(=O)O. The topological polar surface area (TPSA) is 138 Å². The molecular formula is C2H7N5O2. The molecule has 7 heteroatoms. The second-order valence-corrected chi connectivity index (χ2v) is 0.732. The molecule has 0 bridgehead atoms. The van der Waals surface area contributed by atoms with Crippen LogP contribution < -0.4 is 11.6 Å². The quantitative estimate of drug-likeness (QED) is 0.126. The summed E-state index contributed by atoms with van der Waals surface area (Å²) in [4.78, 5) is 8.78. The summed E-state index contributed by atoms with van der Waals surface area (Å²) in [5, 5.41) is 12.8. The Hall–Kier alpha value is -1.66. The number of amides is 1. The first-order valence-corrected chi connectivity index (χ1v) is 1.71. The van der Waals surface area contributed by atoms with Gasteiger partial charge in [0.1, 0.15) is 0 Å². The minimum absolute atomic E-state index is 0.944. The molecule has 52 valence electrons.